The van der Waals surface area contributed by atoms with E-state index in [1.54, 1.807) is 0 Å². The van der Waals surface area contributed by atoms with Crippen molar-refractivity contribution in [2.45, 2.75) is 39.0 Å². The molecule has 0 amide bonds. The largest absolute Gasteiger partial charge is 0.370 e. The number of nitrogens with one attached hydrogen (secondary N) is 1. The number of anilines is 1. The highest BCUT2D eigenvalue weighted by atomic mass is 32.1. The second-order valence-electron chi connectivity index (χ2n) is 5.00. The number of nitrogens with zero attached hydrogens (tertiary/aromatic N) is 3. The first-order chi connectivity index (χ1) is 7.98. The number of morpholine rings is 1. The van der Waals surface area contributed by atoms with Crippen molar-refractivity contribution in [2.24, 2.45) is 5.84 Å². The molecule has 0 bridgehead atoms. The van der Waals surface area contributed by atoms with Gasteiger partial charge in [-0.1, -0.05) is 11.3 Å². The minimum Gasteiger partial charge on any atom is -0.370 e. The second-order valence-corrected chi connectivity index (χ2v) is 6.07. The monoisotopic (exact) mass is 257 g/mol. The normalized spacial score (nSPS) is 24.8. The first kappa shape index (κ1) is 12.7. The van der Waals surface area contributed by atoms with Crippen molar-refractivity contribution in [3.8, 4) is 0 Å². The van der Waals surface area contributed by atoms with Crippen molar-refractivity contribution in [1.82, 2.24) is 15.1 Å². The van der Waals surface area contributed by atoms with Crippen LogP contribution < -0.4 is 11.3 Å². The third-order valence-corrected chi connectivity index (χ3v) is 3.43. The van der Waals surface area contributed by atoms with E-state index in [1.807, 2.05) is 0 Å². The third-order valence-electron chi connectivity index (χ3n) is 2.59. The maximum absolute atomic E-state index is 5.86. The summed E-state index contributed by atoms with van der Waals surface area (Å²) in [6.45, 7) is 8.96. The van der Waals surface area contributed by atoms with Crippen LogP contribution in [0.1, 0.15) is 25.8 Å². The Hall–Kier alpha value is -0.760. The topological polar surface area (TPSA) is 76.3 Å². The Morgan fingerprint density at radius 3 is 2.94 bits per heavy atom. The zero-order valence-corrected chi connectivity index (χ0v) is 11.3. The molecule has 0 aromatic carbocycles. The predicted octanol–water partition coefficient (Wildman–Crippen LogP) is 0.823. The zero-order valence-electron chi connectivity index (χ0n) is 10.4. The molecule has 0 radical (unpaired) electrons. The first-order valence-corrected chi connectivity index (χ1v) is 6.49. The van der Waals surface area contributed by atoms with E-state index >= 15 is 0 Å². The average Bonchev–Trinajstić information content (AvgIpc) is 2.62. The van der Waals surface area contributed by atoms with Gasteiger partial charge in [0.15, 0.2) is 0 Å². The van der Waals surface area contributed by atoms with Gasteiger partial charge in [-0.25, -0.2) is 5.84 Å². The maximum atomic E-state index is 5.86. The van der Waals surface area contributed by atoms with Gasteiger partial charge in [-0.15, -0.1) is 10.2 Å². The van der Waals surface area contributed by atoms with Gasteiger partial charge in [0.1, 0.15) is 5.01 Å². The molecule has 1 saturated heterocycles. The van der Waals surface area contributed by atoms with E-state index in [0.717, 1.165) is 24.6 Å². The van der Waals surface area contributed by atoms with E-state index in [0.29, 0.717) is 5.13 Å². The fourth-order valence-electron chi connectivity index (χ4n) is 2.27. The van der Waals surface area contributed by atoms with E-state index < -0.39 is 0 Å². The molecule has 1 fully saturated rings. The van der Waals surface area contributed by atoms with Crippen LogP contribution in [0.3, 0.4) is 0 Å². The lowest BCUT2D eigenvalue weighted by atomic mass is 10.1. The van der Waals surface area contributed by atoms with Crippen LogP contribution in [-0.4, -0.2) is 39.9 Å². The summed E-state index contributed by atoms with van der Waals surface area (Å²) in [7, 11) is 0. The van der Waals surface area contributed by atoms with Crippen LogP contribution in [0.25, 0.3) is 0 Å². The van der Waals surface area contributed by atoms with Crippen molar-refractivity contribution >= 4 is 16.5 Å². The van der Waals surface area contributed by atoms with Gasteiger partial charge in [0.2, 0.25) is 5.13 Å². The quantitative estimate of drug-likeness (QED) is 0.617. The summed E-state index contributed by atoms with van der Waals surface area (Å²) in [6, 6.07) is 0. The van der Waals surface area contributed by atoms with Gasteiger partial charge >= 0.3 is 0 Å². The molecule has 1 aliphatic heterocycles. The van der Waals surface area contributed by atoms with E-state index in [4.69, 9.17) is 10.6 Å². The van der Waals surface area contributed by atoms with Gasteiger partial charge in [0.05, 0.1) is 18.2 Å². The molecule has 17 heavy (non-hydrogen) atoms. The van der Waals surface area contributed by atoms with E-state index in [1.165, 1.54) is 11.3 Å². The molecule has 7 heteroatoms. The summed E-state index contributed by atoms with van der Waals surface area (Å²) in [6.07, 6.45) is 0.249. The van der Waals surface area contributed by atoms with Gasteiger partial charge in [-0.2, -0.15) is 0 Å². The molecule has 1 aromatic heterocycles. The van der Waals surface area contributed by atoms with E-state index in [9.17, 15) is 0 Å². The number of aromatic nitrogens is 2. The van der Waals surface area contributed by atoms with Crippen LogP contribution in [0.2, 0.25) is 0 Å². The predicted molar refractivity (Wildman–Crippen MR) is 67.6 cm³/mol. The van der Waals surface area contributed by atoms with Crippen molar-refractivity contribution in [2.75, 3.05) is 18.5 Å². The van der Waals surface area contributed by atoms with Crippen LogP contribution in [0.15, 0.2) is 0 Å². The Morgan fingerprint density at radius 2 is 2.35 bits per heavy atom. The van der Waals surface area contributed by atoms with E-state index in [2.05, 4.69) is 41.3 Å². The minimum atomic E-state index is -0.0999. The molecule has 1 unspecified atom stereocenters. The second kappa shape index (κ2) is 4.85. The Balaban J connectivity index is 1.98. The van der Waals surface area contributed by atoms with Gasteiger partial charge < -0.3 is 4.74 Å². The molecule has 2 heterocycles. The van der Waals surface area contributed by atoms with Crippen molar-refractivity contribution in [1.29, 1.82) is 0 Å². The number of nitrogens with two attached hydrogens (primary N) is 1. The summed E-state index contributed by atoms with van der Waals surface area (Å²) in [5.41, 5.74) is 2.41. The number of nitrogen functional groups attached to an aromatic ring is 1. The lowest BCUT2D eigenvalue weighted by Crippen LogP contribution is -2.51. The molecule has 3 N–H and O–H groups in total. The van der Waals surface area contributed by atoms with Crippen LogP contribution in [-0.2, 0) is 11.3 Å². The standard InChI is InChI=1S/C10H19N5OS/c1-7-4-15(6-10(2,3)16-7)5-8-13-14-9(12-11)17-8/h7H,4-6,11H2,1-3H3,(H,12,14). The van der Waals surface area contributed by atoms with Crippen molar-refractivity contribution in [3.05, 3.63) is 5.01 Å². The Labute approximate surface area is 105 Å². The van der Waals surface area contributed by atoms with Gasteiger partial charge in [0, 0.05) is 13.1 Å². The summed E-state index contributed by atoms with van der Waals surface area (Å²) < 4.78 is 5.86. The zero-order chi connectivity index (χ0) is 12.5. The molecule has 1 aliphatic rings. The van der Waals surface area contributed by atoms with E-state index in [-0.39, 0.29) is 11.7 Å². The smallest absolute Gasteiger partial charge is 0.219 e. The molecular weight excluding hydrogens is 238 g/mol. The van der Waals surface area contributed by atoms with Crippen LogP contribution in [0.5, 0.6) is 0 Å². The van der Waals surface area contributed by atoms with Crippen LogP contribution >= 0.6 is 11.3 Å². The molecule has 6 nitrogen and oxygen atoms in total. The fourth-order valence-corrected chi connectivity index (χ4v) is 2.97. The summed E-state index contributed by atoms with van der Waals surface area (Å²) in [5, 5.41) is 9.66. The highest BCUT2D eigenvalue weighted by Gasteiger charge is 2.31. The third kappa shape index (κ3) is 3.35. The Kier molecular flexibility index (Phi) is 3.62. The molecule has 0 spiro atoms. The molecule has 0 saturated carbocycles. The highest BCUT2D eigenvalue weighted by molar-refractivity contribution is 7.15. The first-order valence-electron chi connectivity index (χ1n) is 5.68. The lowest BCUT2D eigenvalue weighted by molar-refractivity contribution is -0.130. The summed E-state index contributed by atoms with van der Waals surface area (Å²) in [5.74, 6) is 5.29. The SMILES string of the molecule is CC1CN(Cc2nnc(NN)s2)CC(C)(C)O1. The number of hydrazine groups is 1. The molecule has 0 aliphatic carbocycles. The molecule has 96 valence electrons. The number of rotatable bonds is 3. The molecule has 1 atom stereocenters. The van der Waals surface area contributed by atoms with Crippen molar-refractivity contribution < 1.29 is 4.74 Å². The maximum Gasteiger partial charge on any atom is 0.219 e. The minimum absolute atomic E-state index is 0.0999. The molecular formula is C10H19N5OS. The molecule has 1 aromatic rings. The van der Waals surface area contributed by atoms with Gasteiger partial charge in [-0.3, -0.25) is 10.3 Å². The summed E-state index contributed by atoms with van der Waals surface area (Å²) in [4.78, 5) is 2.34. The van der Waals surface area contributed by atoms with Crippen molar-refractivity contribution in [3.63, 3.8) is 0 Å². The van der Waals surface area contributed by atoms with Gasteiger partial charge in [-0.05, 0) is 20.8 Å². The Morgan fingerprint density at radius 1 is 1.59 bits per heavy atom. The summed E-state index contributed by atoms with van der Waals surface area (Å²) >= 11 is 1.49. The Bertz CT molecular complexity index is 381. The molecule has 2 rings (SSSR count). The van der Waals surface area contributed by atoms with Crippen LogP contribution in [0.4, 0.5) is 5.13 Å². The number of ether oxygens (including phenoxy) is 1. The van der Waals surface area contributed by atoms with Crippen LogP contribution in [0, 0.1) is 0 Å². The van der Waals surface area contributed by atoms with Gasteiger partial charge in [0.25, 0.3) is 0 Å². The fraction of sp³-hybridized carbons (Fsp3) is 0.800. The highest BCUT2D eigenvalue weighted by Crippen LogP contribution is 2.23. The number of hydrogen-bond donors (Lipinski definition) is 2. The number of hydrogen-bond acceptors (Lipinski definition) is 7. The lowest BCUT2D eigenvalue weighted by Gasteiger charge is -2.41. The average molecular weight is 257 g/mol.